The molecule has 0 N–H and O–H groups in total. The van der Waals surface area contributed by atoms with Crippen LogP contribution in [0.1, 0.15) is 24.2 Å². The summed E-state index contributed by atoms with van der Waals surface area (Å²) in [4.78, 5) is 23.4. The predicted octanol–water partition coefficient (Wildman–Crippen LogP) is -3.82. The molecular formula is C20H21N2Na2O7P. The molecule has 1 aromatic heterocycles. The number of phosphoric acid groups is 1. The average Bonchev–Trinajstić information content (AvgIpc) is 3.19. The molecule has 0 amide bonds. The number of hydrogen-bond donors (Lipinski definition) is 0. The maximum atomic E-state index is 10.7. The summed E-state index contributed by atoms with van der Waals surface area (Å²) >= 11 is 0. The van der Waals surface area contributed by atoms with Crippen molar-refractivity contribution in [1.82, 2.24) is 0 Å². The van der Waals surface area contributed by atoms with Crippen LogP contribution >= 0.6 is 7.82 Å². The zero-order chi connectivity index (χ0) is 21.7. The molecule has 1 fully saturated rings. The number of nitrogens with zero attached hydrogens (tertiary/aromatic N) is 2. The number of furan rings is 1. The minimum absolute atomic E-state index is 0. The molecule has 0 bridgehead atoms. The molecule has 160 valence electrons. The van der Waals surface area contributed by atoms with Crippen molar-refractivity contribution in [3.05, 3.63) is 41.7 Å². The first kappa shape index (κ1) is 29.3. The normalized spacial score (nSPS) is 14.7. The van der Waals surface area contributed by atoms with E-state index in [0.717, 1.165) is 0 Å². The molecule has 0 radical (unpaired) electrons. The van der Waals surface area contributed by atoms with Crippen molar-refractivity contribution in [1.29, 1.82) is 5.26 Å². The molecule has 1 aliphatic heterocycles. The first-order valence-electron chi connectivity index (χ1n) is 9.22. The Morgan fingerprint density at radius 1 is 1.16 bits per heavy atom. The van der Waals surface area contributed by atoms with E-state index in [9.17, 15) is 19.6 Å². The fraction of sp³-hybridized carbons (Fsp3) is 0.350. The van der Waals surface area contributed by atoms with Gasteiger partial charge in [-0.05, 0) is 48.7 Å². The quantitative estimate of drug-likeness (QED) is 0.223. The van der Waals surface area contributed by atoms with Crippen LogP contribution in [0.4, 0.5) is 5.88 Å². The summed E-state index contributed by atoms with van der Waals surface area (Å²) in [6.07, 6.45) is 1.82. The fourth-order valence-corrected chi connectivity index (χ4v) is 3.86. The van der Waals surface area contributed by atoms with Gasteiger partial charge < -0.3 is 37.7 Å². The van der Waals surface area contributed by atoms with E-state index in [2.05, 4.69) is 10.6 Å². The maximum absolute atomic E-state index is 10.7. The Morgan fingerprint density at radius 2 is 1.81 bits per heavy atom. The topological polar surface area (TPSA) is 131 Å². The Kier molecular flexibility index (Phi) is 12.1. The molecule has 12 heteroatoms. The number of nitriles is 1. The van der Waals surface area contributed by atoms with Gasteiger partial charge in [0, 0.05) is 19.2 Å². The number of allylic oxidation sites excluding steroid dienone is 1. The molecule has 32 heavy (non-hydrogen) atoms. The van der Waals surface area contributed by atoms with Crippen LogP contribution in [0.3, 0.4) is 0 Å². The SMILES string of the molecule is COc1ccc(/C(C#N)=C/c2ccc(N3CCC(OP(=O)([O-])[O-])CC3)o2)cc1OC.[Na+].[Na+]. The second-order valence-electron chi connectivity index (χ2n) is 6.65. The number of anilines is 1. The molecule has 0 spiro atoms. The fourth-order valence-electron chi connectivity index (χ4n) is 3.28. The summed E-state index contributed by atoms with van der Waals surface area (Å²) in [7, 11) is -1.91. The Hall–Kier alpha value is -0.760. The molecule has 1 aromatic carbocycles. The van der Waals surface area contributed by atoms with Crippen LogP contribution in [0.25, 0.3) is 11.6 Å². The van der Waals surface area contributed by atoms with Crippen molar-refractivity contribution in [3.8, 4) is 17.6 Å². The Balaban J connectivity index is 0.00000256. The minimum atomic E-state index is -4.98. The third-order valence-corrected chi connectivity index (χ3v) is 5.30. The van der Waals surface area contributed by atoms with E-state index in [1.807, 2.05) is 4.90 Å². The van der Waals surface area contributed by atoms with Crippen molar-refractivity contribution < 1.29 is 91.9 Å². The summed E-state index contributed by atoms with van der Waals surface area (Å²) in [5.74, 6) is 2.17. The number of benzene rings is 1. The molecule has 2 heterocycles. The molecule has 0 unspecified atom stereocenters. The van der Waals surface area contributed by atoms with Crippen LogP contribution in [-0.4, -0.2) is 33.4 Å². The largest absolute Gasteiger partial charge is 1.00 e. The van der Waals surface area contributed by atoms with Crippen molar-refractivity contribution in [2.24, 2.45) is 0 Å². The van der Waals surface area contributed by atoms with E-state index in [1.165, 1.54) is 14.2 Å². The molecule has 0 atom stereocenters. The van der Waals surface area contributed by atoms with Gasteiger partial charge in [-0.1, -0.05) is 0 Å². The number of methoxy groups -OCH3 is 2. The van der Waals surface area contributed by atoms with Gasteiger partial charge in [0.2, 0.25) is 0 Å². The smallest absolute Gasteiger partial charge is 0.790 e. The standard InChI is InChI=1S/C20H23N2O7P.2Na/c1-26-18-5-3-14(12-19(18)27-2)15(13-21)11-17-4-6-20(28-17)22-9-7-16(8-10-22)29-30(23,24)25;;/h3-6,11-12,16H,7-10H2,1-2H3,(H2,23,24,25);;/q;2*+1/p-2/b15-11+;;. The zero-order valence-corrected chi connectivity index (χ0v) is 23.5. The van der Waals surface area contributed by atoms with Crippen LogP contribution in [0, 0.1) is 11.3 Å². The van der Waals surface area contributed by atoms with Crippen LogP contribution in [0.15, 0.2) is 34.7 Å². The van der Waals surface area contributed by atoms with E-state index < -0.39 is 13.9 Å². The molecule has 3 rings (SSSR count). The van der Waals surface area contributed by atoms with E-state index in [0.29, 0.717) is 60.2 Å². The van der Waals surface area contributed by atoms with Crippen LogP contribution in [0.2, 0.25) is 0 Å². The summed E-state index contributed by atoms with van der Waals surface area (Å²) in [6, 6.07) is 10.9. The van der Waals surface area contributed by atoms with Crippen LogP contribution < -0.4 is 83.3 Å². The number of piperidine rings is 1. The molecule has 0 saturated carbocycles. The van der Waals surface area contributed by atoms with Crippen molar-refractivity contribution >= 4 is 25.4 Å². The van der Waals surface area contributed by atoms with Gasteiger partial charge in [-0.2, -0.15) is 5.26 Å². The van der Waals surface area contributed by atoms with Crippen LogP contribution in [-0.2, 0) is 9.09 Å². The van der Waals surface area contributed by atoms with Crippen molar-refractivity contribution in [2.45, 2.75) is 18.9 Å². The number of ether oxygens (including phenoxy) is 2. The summed E-state index contributed by atoms with van der Waals surface area (Å²) < 4.78 is 31.6. The van der Waals surface area contributed by atoms with Gasteiger partial charge in [0.15, 0.2) is 17.4 Å². The Morgan fingerprint density at radius 3 is 2.38 bits per heavy atom. The second-order valence-corrected chi connectivity index (χ2v) is 7.76. The summed E-state index contributed by atoms with van der Waals surface area (Å²) in [5.41, 5.74) is 1.05. The van der Waals surface area contributed by atoms with Crippen molar-refractivity contribution in [2.75, 3.05) is 32.2 Å². The molecule has 1 saturated heterocycles. The maximum Gasteiger partial charge on any atom is 1.00 e. The number of rotatable bonds is 7. The van der Waals surface area contributed by atoms with Gasteiger partial charge in [-0.15, -0.1) is 0 Å². The van der Waals surface area contributed by atoms with Gasteiger partial charge in [0.1, 0.15) is 5.76 Å². The first-order valence-corrected chi connectivity index (χ1v) is 10.7. The third-order valence-electron chi connectivity index (χ3n) is 4.75. The Labute approximate surface area is 231 Å². The van der Waals surface area contributed by atoms with E-state index in [1.54, 1.807) is 36.4 Å². The molecule has 1 aliphatic rings. The third kappa shape index (κ3) is 7.93. The van der Waals surface area contributed by atoms with Gasteiger partial charge in [-0.3, -0.25) is 0 Å². The van der Waals surface area contributed by atoms with E-state index in [-0.39, 0.29) is 59.1 Å². The first-order chi connectivity index (χ1) is 14.3. The van der Waals surface area contributed by atoms with Gasteiger partial charge in [-0.25, -0.2) is 0 Å². The van der Waals surface area contributed by atoms with E-state index >= 15 is 0 Å². The van der Waals surface area contributed by atoms with Gasteiger partial charge in [0.05, 0.1) is 39.8 Å². The molecular weight excluding hydrogens is 457 g/mol. The monoisotopic (exact) mass is 478 g/mol. The van der Waals surface area contributed by atoms with Crippen LogP contribution in [0.5, 0.6) is 11.5 Å². The van der Waals surface area contributed by atoms with Gasteiger partial charge in [0.25, 0.3) is 0 Å². The predicted molar refractivity (Wildman–Crippen MR) is 106 cm³/mol. The van der Waals surface area contributed by atoms with Gasteiger partial charge >= 0.3 is 59.1 Å². The minimum Gasteiger partial charge on any atom is -0.790 e. The Bertz CT molecular complexity index is 1010. The summed E-state index contributed by atoms with van der Waals surface area (Å²) in [6.45, 7) is 0.976. The van der Waals surface area contributed by atoms with Crippen molar-refractivity contribution in [3.63, 3.8) is 0 Å². The number of phosphoric ester groups is 1. The molecule has 9 nitrogen and oxygen atoms in total. The zero-order valence-electron chi connectivity index (χ0n) is 18.6. The van der Waals surface area contributed by atoms with E-state index in [4.69, 9.17) is 13.9 Å². The second kappa shape index (κ2) is 13.2. The average molecular weight is 478 g/mol. The molecule has 2 aromatic rings. The molecule has 0 aliphatic carbocycles. The summed E-state index contributed by atoms with van der Waals surface area (Å²) in [5, 5.41) is 9.58. The number of hydrogen-bond acceptors (Lipinski definition) is 9.